The average molecular weight is 399 g/mol. The molecule has 2 N–H and O–H groups in total. The maximum absolute atomic E-state index is 6.13. The van der Waals surface area contributed by atoms with Gasteiger partial charge in [0.25, 0.3) is 0 Å². The first-order valence-electron chi connectivity index (χ1n) is 11.2. The van der Waals surface area contributed by atoms with Crippen LogP contribution in [0.2, 0.25) is 0 Å². The van der Waals surface area contributed by atoms with Crippen molar-refractivity contribution < 1.29 is 9.47 Å². The normalized spacial score (nSPS) is 32.9. The number of nitrogens with zero attached hydrogens (tertiary/aromatic N) is 2. The zero-order valence-corrected chi connectivity index (χ0v) is 17.7. The number of hydrogen-bond acceptors (Lipinski definition) is 4. The molecule has 2 aliphatic heterocycles. The van der Waals surface area contributed by atoms with E-state index in [9.17, 15) is 0 Å². The van der Waals surface area contributed by atoms with Crippen LogP contribution in [0.1, 0.15) is 38.5 Å². The van der Waals surface area contributed by atoms with Crippen molar-refractivity contribution in [2.24, 2.45) is 16.3 Å². The van der Waals surface area contributed by atoms with Crippen molar-refractivity contribution >= 4 is 11.6 Å². The molecule has 29 heavy (non-hydrogen) atoms. The molecule has 2 saturated heterocycles. The topological polar surface area (TPSA) is 58.1 Å². The van der Waals surface area contributed by atoms with Crippen LogP contribution in [-0.4, -0.2) is 58.0 Å². The molecule has 5 rings (SSSR count). The summed E-state index contributed by atoms with van der Waals surface area (Å²) in [6.45, 7) is 2.92. The van der Waals surface area contributed by atoms with Crippen molar-refractivity contribution in [2.45, 2.75) is 56.7 Å². The number of methoxy groups -OCH3 is 1. The molecule has 2 saturated carbocycles. The van der Waals surface area contributed by atoms with Crippen molar-refractivity contribution in [3.05, 3.63) is 24.3 Å². The highest BCUT2D eigenvalue weighted by atomic mass is 16.5. The molecule has 158 valence electrons. The maximum atomic E-state index is 6.13. The Morgan fingerprint density at radius 3 is 2.83 bits per heavy atom. The lowest BCUT2D eigenvalue weighted by molar-refractivity contribution is -0.125. The molecular formula is C23H34N4O2. The van der Waals surface area contributed by atoms with Crippen molar-refractivity contribution in [1.29, 1.82) is 0 Å². The minimum Gasteiger partial charge on any atom is -0.495 e. The summed E-state index contributed by atoms with van der Waals surface area (Å²) in [6.07, 6.45) is 8.05. The van der Waals surface area contributed by atoms with Crippen molar-refractivity contribution in [3.8, 4) is 5.75 Å². The Morgan fingerprint density at radius 2 is 2.03 bits per heavy atom. The summed E-state index contributed by atoms with van der Waals surface area (Å²) in [5.74, 6) is 2.55. The van der Waals surface area contributed by atoms with E-state index in [1.165, 1.54) is 37.8 Å². The van der Waals surface area contributed by atoms with Gasteiger partial charge in [-0.15, -0.1) is 0 Å². The highest BCUT2D eigenvalue weighted by molar-refractivity contribution is 5.81. The number of anilines is 1. The molecule has 1 aromatic rings. The fraction of sp³-hybridized carbons (Fsp3) is 0.696. The molecule has 1 aromatic carbocycles. The Balaban J connectivity index is 1.22. The summed E-state index contributed by atoms with van der Waals surface area (Å²) in [7, 11) is 3.64. The van der Waals surface area contributed by atoms with Crippen LogP contribution in [0.25, 0.3) is 0 Å². The van der Waals surface area contributed by atoms with Crippen LogP contribution in [0, 0.1) is 11.3 Å². The minimum absolute atomic E-state index is 0.345. The molecule has 4 atom stereocenters. The molecule has 1 spiro atoms. The van der Waals surface area contributed by atoms with E-state index in [0.29, 0.717) is 29.5 Å². The summed E-state index contributed by atoms with van der Waals surface area (Å²) in [5.41, 5.74) is 1.52. The van der Waals surface area contributed by atoms with E-state index >= 15 is 0 Å². The largest absolute Gasteiger partial charge is 0.495 e. The fourth-order valence-electron chi connectivity index (χ4n) is 6.40. The van der Waals surface area contributed by atoms with Gasteiger partial charge < -0.3 is 25.0 Å². The van der Waals surface area contributed by atoms with Gasteiger partial charge in [-0.25, -0.2) is 0 Å². The third-order valence-electron chi connectivity index (χ3n) is 7.76. The molecule has 2 aliphatic carbocycles. The minimum atomic E-state index is 0.345. The number of rotatable bonds is 4. The number of nitrogens with one attached hydrogen (secondary N) is 2. The first-order valence-corrected chi connectivity index (χ1v) is 11.2. The van der Waals surface area contributed by atoms with Gasteiger partial charge in [-0.05, 0) is 37.8 Å². The lowest BCUT2D eigenvalue weighted by atomic mass is 9.54. The molecule has 6 heteroatoms. The second-order valence-corrected chi connectivity index (χ2v) is 9.13. The first-order chi connectivity index (χ1) is 14.2. The van der Waals surface area contributed by atoms with E-state index < -0.39 is 0 Å². The van der Waals surface area contributed by atoms with Crippen molar-refractivity contribution in [2.75, 3.05) is 38.8 Å². The van der Waals surface area contributed by atoms with Gasteiger partial charge in [0, 0.05) is 50.2 Å². The Morgan fingerprint density at radius 1 is 1.21 bits per heavy atom. The first kappa shape index (κ1) is 19.0. The molecule has 0 amide bonds. The van der Waals surface area contributed by atoms with Crippen LogP contribution in [0.3, 0.4) is 0 Å². The van der Waals surface area contributed by atoms with Crippen molar-refractivity contribution in [1.82, 2.24) is 10.6 Å². The van der Waals surface area contributed by atoms with Gasteiger partial charge in [0.1, 0.15) is 5.75 Å². The maximum Gasteiger partial charge on any atom is 0.191 e. The Labute approximate surface area is 174 Å². The van der Waals surface area contributed by atoms with E-state index in [0.717, 1.165) is 37.8 Å². The van der Waals surface area contributed by atoms with Crippen LogP contribution in [0.15, 0.2) is 29.3 Å². The quantitative estimate of drug-likeness (QED) is 0.603. The Kier molecular flexibility index (Phi) is 5.06. The third kappa shape index (κ3) is 3.16. The van der Waals surface area contributed by atoms with Gasteiger partial charge in [0.2, 0.25) is 0 Å². The molecule has 0 aromatic heterocycles. The monoisotopic (exact) mass is 398 g/mol. The molecule has 4 unspecified atom stereocenters. The average Bonchev–Trinajstić information content (AvgIpc) is 3.51. The number of benzene rings is 1. The number of ether oxygens (including phenoxy) is 2. The predicted molar refractivity (Wildman–Crippen MR) is 116 cm³/mol. The molecule has 6 nitrogen and oxygen atoms in total. The number of hydrogen-bond donors (Lipinski definition) is 2. The van der Waals surface area contributed by atoms with Crippen LogP contribution in [-0.2, 0) is 4.74 Å². The fourth-order valence-corrected chi connectivity index (χ4v) is 6.40. The number of para-hydroxylation sites is 2. The summed E-state index contributed by atoms with van der Waals surface area (Å²) in [5, 5.41) is 7.53. The van der Waals surface area contributed by atoms with E-state index in [2.05, 4.69) is 32.7 Å². The molecule has 0 bridgehead atoms. The van der Waals surface area contributed by atoms with Crippen LogP contribution < -0.4 is 20.3 Å². The number of aliphatic imine (C=N–C) groups is 1. The second-order valence-electron chi connectivity index (χ2n) is 9.13. The molecule has 4 aliphatic rings. The van der Waals surface area contributed by atoms with Gasteiger partial charge in [-0.1, -0.05) is 25.0 Å². The second kappa shape index (κ2) is 7.71. The predicted octanol–water partition coefficient (Wildman–Crippen LogP) is 2.79. The molecular weight excluding hydrogens is 364 g/mol. The third-order valence-corrected chi connectivity index (χ3v) is 7.76. The Hall–Kier alpha value is -1.95. The van der Waals surface area contributed by atoms with E-state index in [1.54, 1.807) is 7.11 Å². The van der Waals surface area contributed by atoms with E-state index in [4.69, 9.17) is 9.47 Å². The summed E-state index contributed by atoms with van der Waals surface area (Å²) in [4.78, 5) is 6.99. The molecule has 2 heterocycles. The zero-order valence-electron chi connectivity index (χ0n) is 17.7. The van der Waals surface area contributed by atoms with E-state index in [1.807, 2.05) is 19.2 Å². The summed E-state index contributed by atoms with van der Waals surface area (Å²) in [6, 6.07) is 9.19. The molecule has 4 fully saturated rings. The smallest absolute Gasteiger partial charge is 0.191 e. The summed E-state index contributed by atoms with van der Waals surface area (Å²) >= 11 is 0. The Bertz CT molecular complexity index is 761. The van der Waals surface area contributed by atoms with Gasteiger partial charge in [-0.2, -0.15) is 0 Å². The van der Waals surface area contributed by atoms with Crippen molar-refractivity contribution in [3.63, 3.8) is 0 Å². The standard InChI is InChI=1S/C23H34N4O2/c1-24-22(26-20-17-10-14-29-21(17)23(20)11-5-6-12-23)25-16-9-13-27(15-16)18-7-3-4-8-19(18)28-2/h3-4,7-8,16-17,20-21H,5-6,9-15H2,1-2H3,(H2,24,25,26). The number of fused-ring (bicyclic) bond motifs is 2. The molecule has 0 radical (unpaired) electrons. The lowest BCUT2D eigenvalue weighted by Crippen LogP contribution is -2.69. The van der Waals surface area contributed by atoms with Gasteiger partial charge in [-0.3, -0.25) is 4.99 Å². The van der Waals surface area contributed by atoms with Gasteiger partial charge in [0.05, 0.1) is 18.9 Å². The SMILES string of the molecule is CN=C(NC1CCN(c2ccccc2OC)C1)NC1C2CCOC2C12CCCC2. The van der Waals surface area contributed by atoms with Gasteiger partial charge >= 0.3 is 0 Å². The highest BCUT2D eigenvalue weighted by Crippen LogP contribution is 2.60. The van der Waals surface area contributed by atoms with Crippen LogP contribution >= 0.6 is 0 Å². The van der Waals surface area contributed by atoms with Crippen LogP contribution in [0.5, 0.6) is 5.75 Å². The van der Waals surface area contributed by atoms with Crippen LogP contribution in [0.4, 0.5) is 5.69 Å². The van der Waals surface area contributed by atoms with E-state index in [-0.39, 0.29) is 0 Å². The number of guanidine groups is 1. The lowest BCUT2D eigenvalue weighted by Gasteiger charge is -2.57. The zero-order chi connectivity index (χ0) is 19.8. The van der Waals surface area contributed by atoms with Gasteiger partial charge in [0.15, 0.2) is 5.96 Å². The highest BCUT2D eigenvalue weighted by Gasteiger charge is 2.65. The summed E-state index contributed by atoms with van der Waals surface area (Å²) < 4.78 is 11.7.